The number of rotatable bonds is 27. The summed E-state index contributed by atoms with van der Waals surface area (Å²) < 4.78 is 12.2. The Kier molecular flexibility index (Phi) is 30.2. The molecule has 1 unspecified atom stereocenters. The lowest BCUT2D eigenvalue weighted by atomic mass is 10.00. The van der Waals surface area contributed by atoms with E-state index in [-0.39, 0.29) is 62.2 Å². The second-order valence-corrected chi connectivity index (χ2v) is 18.6. The second-order valence-electron chi connectivity index (χ2n) is 18.6. The van der Waals surface area contributed by atoms with Crippen molar-refractivity contribution < 1.29 is 57.7 Å². The van der Waals surface area contributed by atoms with E-state index in [0.717, 1.165) is 15.8 Å². The molecule has 2 aliphatic rings. The maximum atomic E-state index is 13.8. The van der Waals surface area contributed by atoms with Gasteiger partial charge in [0.1, 0.15) is 19.2 Å². The van der Waals surface area contributed by atoms with Crippen molar-refractivity contribution in [2.45, 2.75) is 120 Å². The van der Waals surface area contributed by atoms with Crippen LogP contribution in [0.15, 0.2) is 33.9 Å². The summed E-state index contributed by atoms with van der Waals surface area (Å²) in [6.07, 6.45) is -1.10. The van der Waals surface area contributed by atoms with Crippen molar-refractivity contribution >= 4 is 75.0 Å². The molecule has 81 heavy (non-hydrogen) atoms. The third-order valence-corrected chi connectivity index (χ3v) is 12.1. The number of hydrogen-bond acceptors (Lipinski definition) is 17. The molecule has 0 radical (unpaired) electrons. The van der Waals surface area contributed by atoms with Gasteiger partial charge in [0.25, 0.3) is 5.56 Å². The van der Waals surface area contributed by atoms with Crippen molar-refractivity contribution in [1.82, 2.24) is 50.4 Å². The van der Waals surface area contributed by atoms with Crippen molar-refractivity contribution in [2.75, 3.05) is 93.1 Å². The van der Waals surface area contributed by atoms with Crippen LogP contribution in [0.25, 0.3) is 33.1 Å². The number of pyridine rings is 2. The average molecular weight is 1140 g/mol. The summed E-state index contributed by atoms with van der Waals surface area (Å²) in [6.45, 7) is 19.3. The van der Waals surface area contributed by atoms with Gasteiger partial charge in [-0.25, -0.2) is 9.78 Å². The topological polar surface area (TPSA) is 331 Å². The second kappa shape index (κ2) is 35.2. The number of likely N-dealkylation sites (N-methyl/N-ethyl adjacent to an activating group) is 3. The van der Waals surface area contributed by atoms with Crippen LogP contribution in [0.4, 0.5) is 0 Å². The number of carbonyl (C=O) groups is 9. The van der Waals surface area contributed by atoms with Gasteiger partial charge in [0, 0.05) is 79.5 Å². The Hall–Kier alpha value is -7.64. The van der Waals surface area contributed by atoms with Gasteiger partial charge in [-0.2, -0.15) is 0 Å². The van der Waals surface area contributed by atoms with Crippen LogP contribution in [0.5, 0.6) is 0 Å². The molecule has 6 amide bonds. The number of carboxylic acids is 1. The third kappa shape index (κ3) is 21.4. The van der Waals surface area contributed by atoms with E-state index in [1.807, 2.05) is 71.5 Å². The van der Waals surface area contributed by atoms with Crippen molar-refractivity contribution in [3.05, 3.63) is 61.5 Å². The van der Waals surface area contributed by atoms with Gasteiger partial charge >= 0.3 is 17.9 Å². The molecule has 2 atom stereocenters. The number of hydrogen-bond donors (Lipinski definition) is 6. The smallest absolute Gasteiger partial charge is 0.352 e. The molecule has 2 aromatic carbocycles. The lowest BCUT2D eigenvalue weighted by molar-refractivity contribution is -0.171. The monoisotopic (exact) mass is 1140 g/mol. The summed E-state index contributed by atoms with van der Waals surface area (Å²) in [5, 5.41) is 20.6. The highest BCUT2D eigenvalue weighted by atomic mass is 16.6. The molecule has 6 rings (SSSR count). The fourth-order valence-corrected chi connectivity index (χ4v) is 8.14. The molecule has 0 saturated heterocycles. The summed E-state index contributed by atoms with van der Waals surface area (Å²) in [7, 11) is 5.47. The highest BCUT2D eigenvalue weighted by Crippen LogP contribution is 2.37. The van der Waals surface area contributed by atoms with Gasteiger partial charge < -0.3 is 60.8 Å². The first-order valence-electron chi connectivity index (χ1n) is 27.7. The number of fused-ring (bicyclic) bond motifs is 6. The number of carbonyl (C=O) groups excluding carboxylic acids is 8. The number of benzene rings is 1. The van der Waals surface area contributed by atoms with E-state index in [9.17, 15) is 52.7 Å². The largest absolute Gasteiger partial charge is 0.481 e. The fourth-order valence-electron chi connectivity index (χ4n) is 8.14. The van der Waals surface area contributed by atoms with Crippen molar-refractivity contribution in [1.29, 1.82) is 0 Å². The van der Waals surface area contributed by atoms with Crippen LogP contribution < -0.4 is 38.0 Å². The summed E-state index contributed by atoms with van der Waals surface area (Å²) in [4.78, 5) is 150. The molecule has 7 N–H and O–H groups in total. The van der Waals surface area contributed by atoms with Gasteiger partial charge in [0.2, 0.25) is 41.5 Å². The van der Waals surface area contributed by atoms with Gasteiger partial charge in [-0.05, 0) is 51.8 Å². The molecular formula is C56H85N11O14. The zero-order chi connectivity index (χ0) is 61.1. The Morgan fingerprint density at radius 2 is 1.36 bits per heavy atom. The minimum absolute atomic E-state index is 0.0355. The highest BCUT2D eigenvalue weighted by Gasteiger charge is 2.38. The van der Waals surface area contributed by atoms with Crippen LogP contribution in [-0.2, 0) is 65.8 Å². The maximum Gasteiger partial charge on any atom is 0.352 e. The van der Waals surface area contributed by atoms with E-state index < -0.39 is 90.6 Å². The normalized spacial score (nSPS) is 13.0. The Morgan fingerprint density at radius 1 is 0.753 bits per heavy atom. The van der Waals surface area contributed by atoms with Gasteiger partial charge in [-0.1, -0.05) is 68.7 Å². The van der Waals surface area contributed by atoms with Crippen molar-refractivity contribution in [3.63, 3.8) is 0 Å². The first-order chi connectivity index (χ1) is 38.6. The Labute approximate surface area is 473 Å². The van der Waals surface area contributed by atoms with Crippen molar-refractivity contribution in [2.24, 2.45) is 5.73 Å². The predicted molar refractivity (Wildman–Crippen MR) is 306 cm³/mol. The number of amides is 6. The molecule has 25 nitrogen and oxygen atoms in total. The predicted octanol–water partition coefficient (Wildman–Crippen LogP) is 1.56. The van der Waals surface area contributed by atoms with Crippen LogP contribution in [0.3, 0.4) is 0 Å². The van der Waals surface area contributed by atoms with E-state index in [0.29, 0.717) is 73.4 Å². The van der Waals surface area contributed by atoms with Crippen LogP contribution in [0.2, 0.25) is 0 Å². The first kappa shape index (κ1) is 69.5. The number of aromatic nitrogens is 2. The minimum atomic E-state index is -1.64. The molecule has 0 fully saturated rings. The number of nitrogens with two attached hydrogens (primary N) is 1. The summed E-state index contributed by atoms with van der Waals surface area (Å²) in [6, 6.07) is 5.45. The maximum absolute atomic E-state index is 13.8. The first-order valence-corrected chi connectivity index (χ1v) is 27.7. The van der Waals surface area contributed by atoms with Gasteiger partial charge in [-0.3, -0.25) is 52.8 Å². The van der Waals surface area contributed by atoms with Gasteiger partial charge in [0.15, 0.2) is 5.43 Å². The van der Waals surface area contributed by atoms with E-state index in [1.165, 1.54) is 11.0 Å². The number of aliphatic carboxylic acids is 1. The van der Waals surface area contributed by atoms with Crippen LogP contribution in [-0.4, -0.2) is 187 Å². The van der Waals surface area contributed by atoms with E-state index in [1.54, 1.807) is 37.1 Å². The quantitative estimate of drug-likeness (QED) is 0.0406. The molecule has 0 bridgehead atoms. The number of nitrogens with zero attached hydrogens (tertiary/aromatic N) is 6. The zero-order valence-corrected chi connectivity index (χ0v) is 49.2. The Bertz CT molecular complexity index is 2880. The zero-order valence-electron chi connectivity index (χ0n) is 49.2. The van der Waals surface area contributed by atoms with Crippen LogP contribution in [0.1, 0.15) is 117 Å². The molecule has 0 aliphatic carbocycles. The lowest BCUT2D eigenvalue weighted by Gasteiger charge is -2.28. The molecule has 25 heteroatoms. The van der Waals surface area contributed by atoms with Crippen LogP contribution in [0, 0.1) is 0 Å². The lowest BCUT2D eigenvalue weighted by Crippen LogP contribution is -2.54. The molecule has 4 heterocycles. The van der Waals surface area contributed by atoms with Gasteiger partial charge in [0.05, 0.1) is 61.5 Å². The summed E-state index contributed by atoms with van der Waals surface area (Å²) in [5.74, 6) is -7.03. The Morgan fingerprint density at radius 3 is 1.98 bits per heavy atom. The van der Waals surface area contributed by atoms with E-state index in [2.05, 4.69) is 35.1 Å². The summed E-state index contributed by atoms with van der Waals surface area (Å²) in [5.41, 5.74) is 7.30. The number of carboxylic acid groups (broad SMARTS) is 1. The standard InChI is InChI=1S/C47H59N11O14.C3H8.3C2H6/c1-5-9-57(46(69)33(19-35(48)59)52-39(63)23-56(4)14-13-55(3)12-11-54(2)10-8-49-37(61)20-50-36(60)6-7-40(64)65)24-38(62)51-21-41(66)72-44-30-18-34-42-27(22-58(34)45(68)31(30)25-71-47(44)70)15-26-16-28-29(43(28)67)17-32(26)53-42;1-3-2;3*1-2/h15-18,33,44H,5-14,19-25H2,1-4H3,(H2,48,59)(H,49,61)(H,50,60)(H,51,62)(H,52,63)(H,64,65);3H2,1-2H3;3*1-2H3/t33-,44?;;;;/m0..../s1. The number of cyclic esters (lactones) is 1. The van der Waals surface area contributed by atoms with E-state index >= 15 is 0 Å². The number of ether oxygens (including phenoxy) is 2. The molecule has 2 aromatic heterocycles. The average Bonchev–Trinajstić information content (AvgIpc) is 3.95. The molecule has 2 aliphatic heterocycles. The molecule has 0 spiro atoms. The third-order valence-electron chi connectivity index (χ3n) is 12.1. The Balaban J connectivity index is 0.00000236. The number of esters is 2. The minimum Gasteiger partial charge on any atom is -0.481 e. The molecule has 448 valence electrons. The highest BCUT2D eigenvalue weighted by molar-refractivity contribution is 6.06. The SMILES string of the molecule is CC.CC.CC.CCC.CCCN(CC(=O)NCC(=O)OC1C(=O)OCc2c1cc1n(c2=O)Cc2cc3cc4c(=O)c4cc3nc2-1)C(=O)[C@H](CC(N)=O)NC(=O)CN(C)CCN(C)CCN(C)CCNC(=O)CNC(=O)CCC(=O)O. The summed E-state index contributed by atoms with van der Waals surface area (Å²) >= 11 is 0. The van der Waals surface area contributed by atoms with Gasteiger partial charge in [-0.15, -0.1) is 0 Å². The fraction of sp³-hybridized carbons (Fsp3) is 0.571. The van der Waals surface area contributed by atoms with E-state index in [4.69, 9.17) is 25.3 Å². The molecular weight excluding hydrogens is 1050 g/mol. The molecule has 4 aromatic rings. The van der Waals surface area contributed by atoms with Crippen LogP contribution >= 0.6 is 0 Å². The number of primary amides is 1. The number of nitrogens with one attached hydrogen (secondary N) is 4. The molecule has 0 saturated carbocycles. The van der Waals surface area contributed by atoms with Crippen molar-refractivity contribution in [3.8, 4) is 11.4 Å².